The van der Waals surface area contributed by atoms with Crippen LogP contribution in [0.15, 0.2) is 34.9 Å². The topological polar surface area (TPSA) is 48.1 Å². The molecule has 0 saturated carbocycles. The molecular formula is C12H10BrFN2O. The minimum atomic E-state index is -0.380. The summed E-state index contributed by atoms with van der Waals surface area (Å²) in [5.74, 6) is 0.327. The third kappa shape index (κ3) is 2.94. The zero-order valence-electron chi connectivity index (χ0n) is 9.08. The van der Waals surface area contributed by atoms with Crippen molar-refractivity contribution in [1.29, 1.82) is 0 Å². The average molecular weight is 297 g/mol. The van der Waals surface area contributed by atoms with Crippen molar-refractivity contribution in [3.63, 3.8) is 0 Å². The zero-order chi connectivity index (χ0) is 12.4. The van der Waals surface area contributed by atoms with Gasteiger partial charge < -0.3 is 10.5 Å². The molecule has 5 heteroatoms. The number of aryl methyl sites for hydroxylation is 1. The molecule has 88 valence electrons. The van der Waals surface area contributed by atoms with Crippen LogP contribution < -0.4 is 10.5 Å². The number of aromatic nitrogens is 1. The van der Waals surface area contributed by atoms with E-state index in [2.05, 4.69) is 20.9 Å². The van der Waals surface area contributed by atoms with Crippen molar-refractivity contribution < 1.29 is 9.13 Å². The standard InChI is InChI=1S/C12H10BrFN2O/c1-7-6-16-12(5-11(7)15)17-10-3-8(13)2-9(14)4-10/h2-6H,1H3,(H2,15,16). The molecule has 0 atom stereocenters. The number of halogens is 2. The molecule has 0 unspecified atom stereocenters. The number of rotatable bonds is 2. The van der Waals surface area contributed by atoms with Gasteiger partial charge in [0.1, 0.15) is 11.6 Å². The van der Waals surface area contributed by atoms with Crippen LogP contribution in [0.5, 0.6) is 11.6 Å². The zero-order valence-corrected chi connectivity index (χ0v) is 10.7. The van der Waals surface area contributed by atoms with Gasteiger partial charge in [-0.15, -0.1) is 0 Å². The molecule has 0 aliphatic heterocycles. The number of nitrogens with zero attached hydrogens (tertiary/aromatic N) is 1. The van der Waals surface area contributed by atoms with E-state index in [1.165, 1.54) is 12.1 Å². The molecule has 0 aliphatic carbocycles. The van der Waals surface area contributed by atoms with Crippen LogP contribution in [0, 0.1) is 12.7 Å². The highest BCUT2D eigenvalue weighted by Crippen LogP contribution is 2.26. The summed E-state index contributed by atoms with van der Waals surface area (Å²) in [6.45, 7) is 1.85. The Morgan fingerprint density at radius 1 is 1.29 bits per heavy atom. The lowest BCUT2D eigenvalue weighted by Gasteiger charge is -2.07. The minimum Gasteiger partial charge on any atom is -0.439 e. The van der Waals surface area contributed by atoms with Crippen molar-refractivity contribution in [2.45, 2.75) is 6.92 Å². The first-order valence-corrected chi connectivity index (χ1v) is 5.70. The van der Waals surface area contributed by atoms with E-state index in [1.807, 2.05) is 6.92 Å². The molecule has 2 aromatic rings. The normalized spacial score (nSPS) is 10.3. The molecule has 2 rings (SSSR count). The Kier molecular flexibility index (Phi) is 3.28. The first-order chi connectivity index (χ1) is 8.04. The van der Waals surface area contributed by atoms with Crippen molar-refractivity contribution in [1.82, 2.24) is 4.98 Å². The van der Waals surface area contributed by atoms with Crippen LogP contribution in [-0.2, 0) is 0 Å². The highest BCUT2D eigenvalue weighted by Gasteiger charge is 2.04. The molecule has 17 heavy (non-hydrogen) atoms. The summed E-state index contributed by atoms with van der Waals surface area (Å²) in [6.07, 6.45) is 1.61. The van der Waals surface area contributed by atoms with Crippen LogP contribution in [0.25, 0.3) is 0 Å². The molecule has 2 N–H and O–H groups in total. The summed E-state index contributed by atoms with van der Waals surface area (Å²) in [6, 6.07) is 5.89. The van der Waals surface area contributed by atoms with Crippen LogP contribution in [0.4, 0.5) is 10.1 Å². The number of pyridine rings is 1. The molecule has 0 bridgehead atoms. The van der Waals surface area contributed by atoms with Crippen molar-refractivity contribution in [3.05, 3.63) is 46.3 Å². The van der Waals surface area contributed by atoms with Gasteiger partial charge in [0.25, 0.3) is 0 Å². The largest absolute Gasteiger partial charge is 0.439 e. The Balaban J connectivity index is 2.28. The van der Waals surface area contributed by atoms with E-state index in [4.69, 9.17) is 10.5 Å². The molecule has 0 amide bonds. The fraction of sp³-hybridized carbons (Fsp3) is 0.0833. The van der Waals surface area contributed by atoms with Gasteiger partial charge in [0.05, 0.1) is 0 Å². The van der Waals surface area contributed by atoms with Gasteiger partial charge in [-0.2, -0.15) is 0 Å². The van der Waals surface area contributed by atoms with Gasteiger partial charge in [-0.3, -0.25) is 0 Å². The summed E-state index contributed by atoms with van der Waals surface area (Å²) in [7, 11) is 0. The predicted octanol–water partition coefficient (Wildman–Crippen LogP) is 3.67. The second-order valence-corrected chi connectivity index (χ2v) is 4.50. The Hall–Kier alpha value is -1.62. The summed E-state index contributed by atoms with van der Waals surface area (Å²) >= 11 is 3.19. The van der Waals surface area contributed by atoms with Crippen molar-refractivity contribution in [3.8, 4) is 11.6 Å². The van der Waals surface area contributed by atoms with E-state index in [0.29, 0.717) is 21.8 Å². The van der Waals surface area contributed by atoms with Crippen LogP contribution in [0.3, 0.4) is 0 Å². The third-order valence-electron chi connectivity index (χ3n) is 2.18. The van der Waals surface area contributed by atoms with Crippen molar-refractivity contribution >= 4 is 21.6 Å². The van der Waals surface area contributed by atoms with Gasteiger partial charge in [-0.25, -0.2) is 9.37 Å². The number of hydrogen-bond acceptors (Lipinski definition) is 3. The number of hydrogen-bond donors (Lipinski definition) is 1. The lowest BCUT2D eigenvalue weighted by Crippen LogP contribution is -1.94. The fourth-order valence-electron chi connectivity index (χ4n) is 1.28. The molecule has 3 nitrogen and oxygen atoms in total. The smallest absolute Gasteiger partial charge is 0.221 e. The first-order valence-electron chi connectivity index (χ1n) is 4.90. The van der Waals surface area contributed by atoms with E-state index < -0.39 is 0 Å². The Morgan fingerprint density at radius 2 is 2.06 bits per heavy atom. The van der Waals surface area contributed by atoms with Gasteiger partial charge in [-0.05, 0) is 24.6 Å². The monoisotopic (exact) mass is 296 g/mol. The van der Waals surface area contributed by atoms with Crippen LogP contribution >= 0.6 is 15.9 Å². The van der Waals surface area contributed by atoms with Crippen molar-refractivity contribution in [2.24, 2.45) is 0 Å². The summed E-state index contributed by atoms with van der Waals surface area (Å²) < 4.78 is 19.1. The first kappa shape index (κ1) is 11.9. The number of ether oxygens (including phenoxy) is 1. The Bertz CT molecular complexity index is 540. The molecule has 0 aliphatic rings. The molecule has 0 saturated heterocycles. The maximum absolute atomic E-state index is 13.1. The van der Waals surface area contributed by atoms with E-state index in [0.717, 1.165) is 5.56 Å². The highest BCUT2D eigenvalue weighted by atomic mass is 79.9. The van der Waals surface area contributed by atoms with E-state index in [-0.39, 0.29) is 5.82 Å². The number of nitrogen functional groups attached to an aromatic ring is 1. The number of benzene rings is 1. The fourth-order valence-corrected chi connectivity index (χ4v) is 1.73. The molecular weight excluding hydrogens is 287 g/mol. The van der Waals surface area contributed by atoms with E-state index in [9.17, 15) is 4.39 Å². The average Bonchev–Trinajstić information content (AvgIpc) is 2.22. The predicted molar refractivity (Wildman–Crippen MR) is 67.6 cm³/mol. The minimum absolute atomic E-state index is 0.339. The van der Waals surface area contributed by atoms with Gasteiger partial charge in [-0.1, -0.05) is 15.9 Å². The molecule has 1 aromatic heterocycles. The second kappa shape index (κ2) is 4.71. The summed E-state index contributed by atoms with van der Waals surface area (Å²) in [5.41, 5.74) is 7.19. The van der Waals surface area contributed by atoms with Gasteiger partial charge in [0.15, 0.2) is 0 Å². The molecule has 0 spiro atoms. The maximum atomic E-state index is 13.1. The van der Waals surface area contributed by atoms with Crippen molar-refractivity contribution in [2.75, 3.05) is 5.73 Å². The molecule has 0 fully saturated rings. The van der Waals surface area contributed by atoms with Crippen LogP contribution in [-0.4, -0.2) is 4.98 Å². The summed E-state index contributed by atoms with van der Waals surface area (Å²) in [4.78, 5) is 4.05. The quantitative estimate of drug-likeness (QED) is 0.920. The van der Waals surface area contributed by atoms with Gasteiger partial charge >= 0.3 is 0 Å². The van der Waals surface area contributed by atoms with E-state index in [1.54, 1.807) is 18.3 Å². The van der Waals surface area contributed by atoms with E-state index >= 15 is 0 Å². The lowest BCUT2D eigenvalue weighted by atomic mass is 10.3. The lowest BCUT2D eigenvalue weighted by molar-refractivity contribution is 0.458. The molecule has 1 aromatic carbocycles. The summed E-state index contributed by atoms with van der Waals surface area (Å²) in [5, 5.41) is 0. The highest BCUT2D eigenvalue weighted by molar-refractivity contribution is 9.10. The second-order valence-electron chi connectivity index (χ2n) is 3.59. The van der Waals surface area contributed by atoms with Gasteiger partial charge in [0, 0.05) is 28.5 Å². The van der Waals surface area contributed by atoms with Crippen LogP contribution in [0.2, 0.25) is 0 Å². The maximum Gasteiger partial charge on any atom is 0.221 e. The number of anilines is 1. The molecule has 1 heterocycles. The molecule has 0 radical (unpaired) electrons. The third-order valence-corrected chi connectivity index (χ3v) is 2.64. The van der Waals surface area contributed by atoms with Gasteiger partial charge in [0.2, 0.25) is 5.88 Å². The SMILES string of the molecule is Cc1cnc(Oc2cc(F)cc(Br)c2)cc1N. The Labute approximate surface area is 107 Å². The Morgan fingerprint density at radius 3 is 2.71 bits per heavy atom. The number of nitrogens with two attached hydrogens (primary N) is 1. The van der Waals surface area contributed by atoms with Crippen LogP contribution in [0.1, 0.15) is 5.56 Å².